The summed E-state index contributed by atoms with van der Waals surface area (Å²) in [4.78, 5) is 25.4. The number of nitrogens with zero attached hydrogens (tertiary/aromatic N) is 1. The maximum Gasteiger partial charge on any atom is 0.308 e. The monoisotopic (exact) mass is 341 g/mol. The van der Waals surface area contributed by atoms with Crippen molar-refractivity contribution in [1.82, 2.24) is 4.90 Å². The number of carboxylic acids is 1. The van der Waals surface area contributed by atoms with E-state index in [1.807, 2.05) is 0 Å². The molecule has 4 nitrogen and oxygen atoms in total. The first kappa shape index (κ1) is 13.5. The molecule has 2 aliphatic heterocycles. The lowest BCUT2D eigenvalue weighted by molar-refractivity contribution is -0.142. The molecule has 1 N–H and O–H groups in total. The van der Waals surface area contributed by atoms with Crippen LogP contribution in [0.25, 0.3) is 0 Å². The Hall–Kier alpha value is -1.43. The summed E-state index contributed by atoms with van der Waals surface area (Å²) in [5, 5.41) is 9.19. The van der Waals surface area contributed by atoms with Crippen LogP contribution in [0.3, 0.4) is 0 Å². The number of carbonyl (C=O) groups excluding carboxylic acids is 1. The van der Waals surface area contributed by atoms with E-state index in [-0.39, 0.29) is 17.6 Å². The molecule has 106 valence electrons. The van der Waals surface area contributed by atoms with Crippen molar-refractivity contribution in [2.75, 3.05) is 0 Å². The summed E-state index contributed by atoms with van der Waals surface area (Å²) in [5.74, 6) is -2.39. The highest BCUT2D eigenvalue weighted by Gasteiger charge is 2.51. The number of benzene rings is 1. The van der Waals surface area contributed by atoms with Gasteiger partial charge >= 0.3 is 5.97 Å². The molecule has 3 rings (SSSR count). The van der Waals surface area contributed by atoms with E-state index in [0.29, 0.717) is 17.3 Å². The van der Waals surface area contributed by atoms with Crippen molar-refractivity contribution in [1.29, 1.82) is 0 Å². The van der Waals surface area contributed by atoms with Crippen LogP contribution in [0.15, 0.2) is 22.7 Å². The van der Waals surface area contributed by atoms with Gasteiger partial charge in [-0.2, -0.15) is 0 Å². The highest BCUT2D eigenvalue weighted by atomic mass is 79.9. The highest BCUT2D eigenvalue weighted by molar-refractivity contribution is 9.10. The van der Waals surface area contributed by atoms with Crippen LogP contribution in [0, 0.1) is 11.7 Å². The number of hydrogen-bond donors (Lipinski definition) is 1. The van der Waals surface area contributed by atoms with Crippen molar-refractivity contribution in [3.05, 3.63) is 34.1 Å². The first-order chi connectivity index (χ1) is 9.50. The van der Waals surface area contributed by atoms with E-state index in [9.17, 15) is 19.1 Å². The molecule has 0 radical (unpaired) electrons. The van der Waals surface area contributed by atoms with Gasteiger partial charge in [0.25, 0.3) is 5.91 Å². The van der Waals surface area contributed by atoms with Crippen LogP contribution in [0.1, 0.15) is 29.6 Å². The number of fused-ring (bicyclic) bond motifs is 2. The number of amides is 1. The largest absolute Gasteiger partial charge is 0.481 e. The Morgan fingerprint density at radius 1 is 1.35 bits per heavy atom. The zero-order valence-electron chi connectivity index (χ0n) is 10.6. The van der Waals surface area contributed by atoms with Crippen LogP contribution in [-0.2, 0) is 4.79 Å². The summed E-state index contributed by atoms with van der Waals surface area (Å²) in [6, 6.07) is 3.99. The van der Waals surface area contributed by atoms with Crippen molar-refractivity contribution in [2.45, 2.75) is 31.3 Å². The number of halogens is 2. The fraction of sp³-hybridized carbons (Fsp3) is 0.429. The Kier molecular flexibility index (Phi) is 3.28. The fourth-order valence-electron chi connectivity index (χ4n) is 3.40. The molecule has 1 aromatic rings. The van der Waals surface area contributed by atoms with Gasteiger partial charge in [-0.15, -0.1) is 0 Å². The van der Waals surface area contributed by atoms with Gasteiger partial charge in [0.05, 0.1) is 11.5 Å². The van der Waals surface area contributed by atoms with Gasteiger partial charge in [-0.3, -0.25) is 9.59 Å². The van der Waals surface area contributed by atoms with Crippen LogP contribution in [-0.4, -0.2) is 34.0 Å². The summed E-state index contributed by atoms with van der Waals surface area (Å²) >= 11 is 3.20. The van der Waals surface area contributed by atoms with Gasteiger partial charge in [0.1, 0.15) is 5.82 Å². The average Bonchev–Trinajstić information content (AvgIpc) is 2.95. The summed E-state index contributed by atoms with van der Waals surface area (Å²) in [6.07, 6.45) is 1.95. The Bertz CT molecular complexity index is 572. The molecule has 2 saturated heterocycles. The Balaban J connectivity index is 1.94. The molecule has 0 spiro atoms. The molecule has 2 heterocycles. The summed E-state index contributed by atoms with van der Waals surface area (Å²) in [7, 11) is 0. The molecule has 2 bridgehead atoms. The topological polar surface area (TPSA) is 57.6 Å². The standard InChI is InChI=1S/C14H13BrFNO3/c15-9-2-1-3-10(16)12(9)13(18)17-7-4-5-11(17)8(6-7)14(19)20/h1-3,7-8,11H,4-6H2,(H,19,20). The zero-order valence-corrected chi connectivity index (χ0v) is 12.1. The van der Waals surface area contributed by atoms with E-state index in [1.54, 1.807) is 11.0 Å². The van der Waals surface area contributed by atoms with Gasteiger partial charge in [-0.25, -0.2) is 4.39 Å². The van der Waals surface area contributed by atoms with Crippen molar-refractivity contribution in [3.8, 4) is 0 Å². The van der Waals surface area contributed by atoms with E-state index in [2.05, 4.69) is 15.9 Å². The maximum atomic E-state index is 13.9. The van der Waals surface area contributed by atoms with E-state index in [1.165, 1.54) is 12.1 Å². The third-order valence-electron chi connectivity index (χ3n) is 4.27. The molecule has 1 aromatic carbocycles. The van der Waals surface area contributed by atoms with E-state index in [4.69, 9.17) is 0 Å². The number of aliphatic carboxylic acids is 1. The van der Waals surface area contributed by atoms with Crippen LogP contribution < -0.4 is 0 Å². The third-order valence-corrected chi connectivity index (χ3v) is 4.93. The average molecular weight is 342 g/mol. The molecule has 2 aliphatic rings. The van der Waals surface area contributed by atoms with Gasteiger partial charge in [-0.05, 0) is 47.3 Å². The number of carbonyl (C=O) groups is 2. The molecular weight excluding hydrogens is 329 g/mol. The minimum Gasteiger partial charge on any atom is -0.481 e. The third kappa shape index (κ3) is 1.93. The molecule has 3 unspecified atom stereocenters. The van der Waals surface area contributed by atoms with Crippen LogP contribution >= 0.6 is 15.9 Å². The quantitative estimate of drug-likeness (QED) is 0.899. The first-order valence-corrected chi connectivity index (χ1v) is 7.29. The van der Waals surface area contributed by atoms with Gasteiger partial charge in [0, 0.05) is 16.6 Å². The predicted octanol–water partition coefficient (Wildman–Crippen LogP) is 2.67. The lowest BCUT2D eigenvalue weighted by Crippen LogP contribution is -2.38. The van der Waals surface area contributed by atoms with Crippen molar-refractivity contribution >= 4 is 27.8 Å². The Labute approximate surface area is 123 Å². The van der Waals surface area contributed by atoms with Crippen LogP contribution in [0.4, 0.5) is 4.39 Å². The number of carboxylic acid groups (broad SMARTS) is 1. The molecule has 1 amide bonds. The molecule has 0 saturated carbocycles. The second-order valence-electron chi connectivity index (χ2n) is 5.29. The smallest absolute Gasteiger partial charge is 0.308 e. The molecular formula is C14H13BrFNO3. The second-order valence-corrected chi connectivity index (χ2v) is 6.14. The van der Waals surface area contributed by atoms with Gasteiger partial charge in [0.2, 0.25) is 0 Å². The molecule has 2 fully saturated rings. The van der Waals surface area contributed by atoms with Crippen LogP contribution in [0.2, 0.25) is 0 Å². The summed E-state index contributed by atoms with van der Waals surface area (Å²) in [6.45, 7) is 0. The number of rotatable bonds is 2. The van der Waals surface area contributed by atoms with Crippen molar-refractivity contribution in [3.63, 3.8) is 0 Å². The van der Waals surface area contributed by atoms with E-state index < -0.39 is 23.6 Å². The molecule has 0 aliphatic carbocycles. The Morgan fingerprint density at radius 3 is 2.70 bits per heavy atom. The second kappa shape index (κ2) is 4.84. The predicted molar refractivity (Wildman–Crippen MR) is 72.8 cm³/mol. The minimum atomic E-state index is -0.873. The van der Waals surface area contributed by atoms with Crippen LogP contribution in [0.5, 0.6) is 0 Å². The molecule has 0 aromatic heterocycles. The normalized spacial score (nSPS) is 27.9. The van der Waals surface area contributed by atoms with Gasteiger partial charge in [-0.1, -0.05) is 6.07 Å². The zero-order chi connectivity index (χ0) is 14.4. The van der Waals surface area contributed by atoms with Crippen molar-refractivity contribution in [2.24, 2.45) is 5.92 Å². The lowest BCUT2D eigenvalue weighted by Gasteiger charge is -2.23. The van der Waals surface area contributed by atoms with Gasteiger partial charge < -0.3 is 10.0 Å². The van der Waals surface area contributed by atoms with E-state index >= 15 is 0 Å². The SMILES string of the molecule is O=C(O)C1CC2CCC1N2C(=O)c1c(F)cccc1Br. The highest BCUT2D eigenvalue weighted by Crippen LogP contribution is 2.43. The lowest BCUT2D eigenvalue weighted by atomic mass is 9.89. The first-order valence-electron chi connectivity index (χ1n) is 6.50. The summed E-state index contributed by atoms with van der Waals surface area (Å²) in [5.41, 5.74) is -0.00422. The van der Waals surface area contributed by atoms with Gasteiger partial charge in [0.15, 0.2) is 0 Å². The maximum absolute atomic E-state index is 13.9. The molecule has 3 atom stereocenters. The van der Waals surface area contributed by atoms with Crippen molar-refractivity contribution < 1.29 is 19.1 Å². The molecule has 20 heavy (non-hydrogen) atoms. The van der Waals surface area contributed by atoms with E-state index in [0.717, 1.165) is 6.42 Å². The minimum absolute atomic E-state index is 0.00422. The summed E-state index contributed by atoms with van der Waals surface area (Å²) < 4.78 is 14.3. The molecule has 6 heteroatoms. The number of hydrogen-bond acceptors (Lipinski definition) is 2. The fourth-order valence-corrected chi connectivity index (χ4v) is 3.91. The Morgan fingerprint density at radius 2 is 2.10 bits per heavy atom.